The molecular weight excluding hydrogens is 252 g/mol. The SMILES string of the molecule is CCCNC(=O)c1cccc(CNCc2ccco2)c1. The van der Waals surface area contributed by atoms with Gasteiger partial charge in [0.2, 0.25) is 0 Å². The molecule has 0 aliphatic heterocycles. The average molecular weight is 272 g/mol. The van der Waals surface area contributed by atoms with Crippen molar-refractivity contribution in [3.8, 4) is 0 Å². The van der Waals surface area contributed by atoms with Gasteiger partial charge < -0.3 is 15.1 Å². The van der Waals surface area contributed by atoms with Crippen molar-refractivity contribution in [1.82, 2.24) is 10.6 Å². The highest BCUT2D eigenvalue weighted by Crippen LogP contribution is 2.06. The number of carbonyl (C=O) groups is 1. The van der Waals surface area contributed by atoms with Crippen molar-refractivity contribution in [3.05, 3.63) is 59.5 Å². The number of furan rings is 1. The van der Waals surface area contributed by atoms with Gasteiger partial charge in [-0.3, -0.25) is 4.79 Å². The quantitative estimate of drug-likeness (QED) is 0.815. The van der Waals surface area contributed by atoms with E-state index < -0.39 is 0 Å². The molecule has 4 heteroatoms. The van der Waals surface area contributed by atoms with E-state index in [1.165, 1.54) is 0 Å². The fourth-order valence-corrected chi connectivity index (χ4v) is 1.91. The van der Waals surface area contributed by atoms with Crippen LogP contribution in [0.3, 0.4) is 0 Å². The fraction of sp³-hybridized carbons (Fsp3) is 0.312. The number of benzene rings is 1. The molecule has 0 radical (unpaired) electrons. The predicted molar refractivity (Wildman–Crippen MR) is 78.3 cm³/mol. The molecule has 0 fully saturated rings. The zero-order valence-corrected chi connectivity index (χ0v) is 11.7. The molecular formula is C16H20N2O2. The molecule has 0 bridgehead atoms. The van der Waals surface area contributed by atoms with Crippen LogP contribution in [0, 0.1) is 0 Å². The van der Waals surface area contributed by atoms with Gasteiger partial charge in [-0.05, 0) is 36.2 Å². The Labute approximate surface area is 119 Å². The van der Waals surface area contributed by atoms with Crippen molar-refractivity contribution in [1.29, 1.82) is 0 Å². The van der Waals surface area contributed by atoms with Gasteiger partial charge in [0.25, 0.3) is 5.91 Å². The minimum atomic E-state index is -0.0141. The summed E-state index contributed by atoms with van der Waals surface area (Å²) in [6.45, 7) is 4.13. The summed E-state index contributed by atoms with van der Waals surface area (Å²) in [7, 11) is 0. The molecule has 106 valence electrons. The van der Waals surface area contributed by atoms with Gasteiger partial charge in [-0.2, -0.15) is 0 Å². The molecule has 1 aromatic heterocycles. The van der Waals surface area contributed by atoms with Crippen molar-refractivity contribution < 1.29 is 9.21 Å². The van der Waals surface area contributed by atoms with Crippen molar-refractivity contribution in [2.75, 3.05) is 6.54 Å². The molecule has 1 heterocycles. The first-order chi connectivity index (χ1) is 9.79. The Morgan fingerprint density at radius 2 is 2.10 bits per heavy atom. The lowest BCUT2D eigenvalue weighted by Crippen LogP contribution is -2.24. The third kappa shape index (κ3) is 4.24. The van der Waals surface area contributed by atoms with Gasteiger partial charge in [0.15, 0.2) is 0 Å². The second kappa shape index (κ2) is 7.50. The Morgan fingerprint density at radius 3 is 2.85 bits per heavy atom. The molecule has 0 atom stereocenters. The van der Waals surface area contributed by atoms with Gasteiger partial charge in [0, 0.05) is 18.7 Å². The van der Waals surface area contributed by atoms with Gasteiger partial charge in [0.05, 0.1) is 12.8 Å². The number of hydrogen-bond acceptors (Lipinski definition) is 3. The van der Waals surface area contributed by atoms with Crippen molar-refractivity contribution >= 4 is 5.91 Å². The topological polar surface area (TPSA) is 54.3 Å². The molecule has 1 aromatic carbocycles. The minimum Gasteiger partial charge on any atom is -0.468 e. The second-order valence-electron chi connectivity index (χ2n) is 4.64. The number of nitrogens with one attached hydrogen (secondary N) is 2. The van der Waals surface area contributed by atoms with E-state index in [4.69, 9.17) is 4.42 Å². The summed E-state index contributed by atoms with van der Waals surface area (Å²) in [5.41, 5.74) is 1.79. The molecule has 0 spiro atoms. The smallest absolute Gasteiger partial charge is 0.251 e. The van der Waals surface area contributed by atoms with E-state index in [9.17, 15) is 4.79 Å². The molecule has 2 N–H and O–H groups in total. The standard InChI is InChI=1S/C16H20N2O2/c1-2-8-18-16(19)14-6-3-5-13(10-14)11-17-12-15-7-4-9-20-15/h3-7,9-10,17H,2,8,11-12H2,1H3,(H,18,19). The Kier molecular flexibility index (Phi) is 5.38. The summed E-state index contributed by atoms with van der Waals surface area (Å²) < 4.78 is 5.25. The lowest BCUT2D eigenvalue weighted by atomic mass is 10.1. The summed E-state index contributed by atoms with van der Waals surface area (Å²) in [5, 5.41) is 6.17. The number of hydrogen-bond donors (Lipinski definition) is 2. The van der Waals surface area contributed by atoms with Crippen LogP contribution < -0.4 is 10.6 Å². The van der Waals surface area contributed by atoms with Crippen LogP contribution in [-0.4, -0.2) is 12.5 Å². The molecule has 0 unspecified atom stereocenters. The summed E-state index contributed by atoms with van der Waals surface area (Å²) in [5.74, 6) is 0.890. The lowest BCUT2D eigenvalue weighted by molar-refractivity contribution is 0.0953. The van der Waals surface area contributed by atoms with Crippen LogP contribution in [0.1, 0.15) is 35.0 Å². The third-order valence-electron chi connectivity index (χ3n) is 2.93. The van der Waals surface area contributed by atoms with Gasteiger partial charge in [-0.25, -0.2) is 0 Å². The number of rotatable bonds is 7. The Morgan fingerprint density at radius 1 is 1.20 bits per heavy atom. The highest BCUT2D eigenvalue weighted by molar-refractivity contribution is 5.94. The van der Waals surface area contributed by atoms with E-state index in [2.05, 4.69) is 10.6 Å². The Balaban J connectivity index is 1.87. The minimum absolute atomic E-state index is 0.0141. The first-order valence-corrected chi connectivity index (χ1v) is 6.90. The molecule has 2 rings (SSSR count). The van der Waals surface area contributed by atoms with Crippen LogP contribution in [0.15, 0.2) is 47.1 Å². The molecule has 0 saturated heterocycles. The van der Waals surface area contributed by atoms with Crippen molar-refractivity contribution in [3.63, 3.8) is 0 Å². The van der Waals surface area contributed by atoms with Crippen LogP contribution >= 0.6 is 0 Å². The van der Waals surface area contributed by atoms with Crippen LogP contribution in [0.2, 0.25) is 0 Å². The van der Waals surface area contributed by atoms with E-state index in [1.807, 2.05) is 43.3 Å². The number of amides is 1. The lowest BCUT2D eigenvalue weighted by Gasteiger charge is -2.07. The van der Waals surface area contributed by atoms with Gasteiger partial charge in [-0.15, -0.1) is 0 Å². The van der Waals surface area contributed by atoms with E-state index in [1.54, 1.807) is 6.26 Å². The van der Waals surface area contributed by atoms with E-state index in [0.29, 0.717) is 25.2 Å². The summed E-state index contributed by atoms with van der Waals surface area (Å²) in [6, 6.07) is 11.5. The largest absolute Gasteiger partial charge is 0.468 e. The van der Waals surface area contributed by atoms with Crippen molar-refractivity contribution in [2.24, 2.45) is 0 Å². The first-order valence-electron chi connectivity index (χ1n) is 6.90. The maximum absolute atomic E-state index is 11.9. The number of carbonyl (C=O) groups excluding carboxylic acids is 1. The molecule has 0 saturated carbocycles. The first kappa shape index (κ1) is 14.3. The molecule has 2 aromatic rings. The molecule has 0 aliphatic rings. The summed E-state index contributed by atoms with van der Waals surface area (Å²) >= 11 is 0. The van der Waals surface area contributed by atoms with Crippen LogP contribution in [0.25, 0.3) is 0 Å². The summed E-state index contributed by atoms with van der Waals surface area (Å²) in [6.07, 6.45) is 2.60. The molecule has 1 amide bonds. The zero-order chi connectivity index (χ0) is 14.2. The van der Waals surface area contributed by atoms with E-state index in [-0.39, 0.29) is 5.91 Å². The van der Waals surface area contributed by atoms with Gasteiger partial charge >= 0.3 is 0 Å². The van der Waals surface area contributed by atoms with Crippen LogP contribution in [0.4, 0.5) is 0 Å². The highest BCUT2D eigenvalue weighted by atomic mass is 16.3. The Hall–Kier alpha value is -2.07. The summed E-state index contributed by atoms with van der Waals surface area (Å²) in [4.78, 5) is 11.9. The monoisotopic (exact) mass is 272 g/mol. The normalized spacial score (nSPS) is 10.4. The highest BCUT2D eigenvalue weighted by Gasteiger charge is 2.05. The molecule has 4 nitrogen and oxygen atoms in total. The second-order valence-corrected chi connectivity index (χ2v) is 4.64. The maximum atomic E-state index is 11.9. The van der Waals surface area contributed by atoms with Gasteiger partial charge in [-0.1, -0.05) is 19.1 Å². The maximum Gasteiger partial charge on any atom is 0.251 e. The molecule has 0 aliphatic carbocycles. The van der Waals surface area contributed by atoms with Crippen LogP contribution in [0.5, 0.6) is 0 Å². The average Bonchev–Trinajstić information content (AvgIpc) is 2.98. The van der Waals surface area contributed by atoms with Crippen LogP contribution in [-0.2, 0) is 13.1 Å². The van der Waals surface area contributed by atoms with E-state index in [0.717, 1.165) is 17.7 Å². The van der Waals surface area contributed by atoms with Gasteiger partial charge in [0.1, 0.15) is 5.76 Å². The van der Waals surface area contributed by atoms with Crippen molar-refractivity contribution in [2.45, 2.75) is 26.4 Å². The van der Waals surface area contributed by atoms with E-state index >= 15 is 0 Å². The molecule has 20 heavy (non-hydrogen) atoms. The Bertz CT molecular complexity index is 535. The zero-order valence-electron chi connectivity index (χ0n) is 11.7. The third-order valence-corrected chi connectivity index (χ3v) is 2.93. The fourth-order valence-electron chi connectivity index (χ4n) is 1.91. The predicted octanol–water partition coefficient (Wildman–Crippen LogP) is 2.71.